The fourth-order valence-corrected chi connectivity index (χ4v) is 4.39. The summed E-state index contributed by atoms with van der Waals surface area (Å²) in [6, 6.07) is 10.1. The molecule has 2 fully saturated rings. The van der Waals surface area contributed by atoms with Crippen LogP contribution in [0, 0.1) is 12.8 Å². The van der Waals surface area contributed by atoms with Crippen molar-refractivity contribution >= 4 is 22.8 Å². The number of nitrogens with zero attached hydrogens (tertiary/aromatic N) is 6. The summed E-state index contributed by atoms with van der Waals surface area (Å²) in [6.45, 7) is 7.21. The highest BCUT2D eigenvalue weighted by molar-refractivity contribution is 5.91. The summed E-state index contributed by atoms with van der Waals surface area (Å²) >= 11 is 0. The molecule has 1 saturated heterocycles. The van der Waals surface area contributed by atoms with Gasteiger partial charge in [-0.3, -0.25) is 4.79 Å². The fourth-order valence-electron chi connectivity index (χ4n) is 4.39. The third-order valence-electron chi connectivity index (χ3n) is 6.39. The molecule has 3 heterocycles. The maximum Gasteiger partial charge on any atom is 0.225 e. The number of amides is 1. The third-order valence-corrected chi connectivity index (χ3v) is 6.39. The van der Waals surface area contributed by atoms with E-state index in [2.05, 4.69) is 11.8 Å². The number of aromatic nitrogens is 4. The zero-order chi connectivity index (χ0) is 20.7. The first-order chi connectivity index (χ1) is 14.7. The predicted molar refractivity (Wildman–Crippen MR) is 117 cm³/mol. The van der Waals surface area contributed by atoms with Gasteiger partial charge in [-0.1, -0.05) is 31.5 Å². The van der Waals surface area contributed by atoms with E-state index < -0.39 is 0 Å². The molecule has 3 aromatic rings. The molecule has 30 heavy (non-hydrogen) atoms. The second kappa shape index (κ2) is 7.70. The largest absolute Gasteiger partial charge is 0.352 e. The maximum atomic E-state index is 12.6. The zero-order valence-corrected chi connectivity index (χ0v) is 17.7. The number of piperazine rings is 1. The van der Waals surface area contributed by atoms with Crippen molar-refractivity contribution in [2.75, 3.05) is 31.1 Å². The minimum atomic E-state index is 0.264. The molecule has 1 saturated carbocycles. The van der Waals surface area contributed by atoms with Crippen LogP contribution in [-0.2, 0) is 11.2 Å². The SMILES string of the molecule is CCc1nc(N2CCN(C(=O)C3CCC3)CC2)c2c(C)nn(-c3ccccc3)c2n1. The van der Waals surface area contributed by atoms with Crippen LogP contribution >= 0.6 is 0 Å². The van der Waals surface area contributed by atoms with E-state index in [0.717, 1.165) is 79.5 Å². The van der Waals surface area contributed by atoms with Crippen LogP contribution < -0.4 is 4.90 Å². The standard InChI is InChI=1S/C23H28N6O/c1-3-19-24-21(27-12-14-28(15-13-27)23(30)17-8-7-9-17)20-16(2)26-29(22(20)25-19)18-10-5-4-6-11-18/h4-6,10-11,17H,3,7-9,12-15H2,1-2H3. The highest BCUT2D eigenvalue weighted by Gasteiger charge is 2.32. The van der Waals surface area contributed by atoms with Crippen molar-refractivity contribution in [3.63, 3.8) is 0 Å². The average Bonchev–Trinajstić information content (AvgIpc) is 3.09. The van der Waals surface area contributed by atoms with Crippen LogP contribution in [0.1, 0.15) is 37.7 Å². The Morgan fingerprint density at radius 3 is 2.43 bits per heavy atom. The lowest BCUT2D eigenvalue weighted by molar-refractivity contribution is -0.138. The molecule has 5 rings (SSSR count). The molecule has 7 heteroatoms. The van der Waals surface area contributed by atoms with Gasteiger partial charge in [-0.25, -0.2) is 14.6 Å². The van der Waals surface area contributed by atoms with E-state index in [4.69, 9.17) is 15.1 Å². The van der Waals surface area contributed by atoms with Gasteiger partial charge in [0.25, 0.3) is 0 Å². The van der Waals surface area contributed by atoms with Crippen molar-refractivity contribution in [2.45, 2.75) is 39.5 Å². The van der Waals surface area contributed by atoms with Crippen molar-refractivity contribution in [2.24, 2.45) is 5.92 Å². The van der Waals surface area contributed by atoms with Crippen molar-refractivity contribution in [1.29, 1.82) is 0 Å². The molecule has 0 atom stereocenters. The van der Waals surface area contributed by atoms with Gasteiger partial charge in [0.05, 0.1) is 16.8 Å². The van der Waals surface area contributed by atoms with Crippen molar-refractivity contribution in [1.82, 2.24) is 24.6 Å². The summed E-state index contributed by atoms with van der Waals surface area (Å²) in [5, 5.41) is 5.81. The first-order valence-electron chi connectivity index (χ1n) is 11.0. The van der Waals surface area contributed by atoms with E-state index in [-0.39, 0.29) is 5.92 Å². The summed E-state index contributed by atoms with van der Waals surface area (Å²) in [5.74, 6) is 2.38. The first kappa shape index (κ1) is 19.0. The van der Waals surface area contributed by atoms with Crippen LogP contribution in [0.4, 0.5) is 5.82 Å². The molecule has 0 bridgehead atoms. The van der Waals surface area contributed by atoms with Crippen LogP contribution in [0.15, 0.2) is 30.3 Å². The lowest BCUT2D eigenvalue weighted by Gasteiger charge is -2.38. The van der Waals surface area contributed by atoms with Gasteiger partial charge in [-0.2, -0.15) is 5.10 Å². The molecule has 0 spiro atoms. The Morgan fingerprint density at radius 2 is 1.80 bits per heavy atom. The van der Waals surface area contributed by atoms with Crippen LogP contribution in [-0.4, -0.2) is 56.7 Å². The molecule has 1 aliphatic carbocycles. The number of benzene rings is 1. The summed E-state index contributed by atoms with van der Waals surface area (Å²) in [5.41, 5.74) is 2.78. The van der Waals surface area contributed by atoms with Gasteiger partial charge >= 0.3 is 0 Å². The minimum Gasteiger partial charge on any atom is -0.352 e. The molecule has 1 aliphatic heterocycles. The van der Waals surface area contributed by atoms with E-state index in [1.165, 1.54) is 6.42 Å². The highest BCUT2D eigenvalue weighted by Crippen LogP contribution is 2.31. The third kappa shape index (κ3) is 3.22. The van der Waals surface area contributed by atoms with Gasteiger partial charge in [0.2, 0.25) is 5.91 Å². The minimum absolute atomic E-state index is 0.264. The Balaban J connectivity index is 1.49. The fraction of sp³-hybridized carbons (Fsp3) is 0.478. The van der Waals surface area contributed by atoms with Gasteiger partial charge in [0, 0.05) is 38.5 Å². The molecule has 7 nitrogen and oxygen atoms in total. The van der Waals surface area contributed by atoms with E-state index >= 15 is 0 Å². The smallest absolute Gasteiger partial charge is 0.225 e. The summed E-state index contributed by atoms with van der Waals surface area (Å²) < 4.78 is 1.92. The first-order valence-corrected chi connectivity index (χ1v) is 11.0. The van der Waals surface area contributed by atoms with Crippen LogP contribution in [0.2, 0.25) is 0 Å². The summed E-state index contributed by atoms with van der Waals surface area (Å²) in [7, 11) is 0. The Hall–Kier alpha value is -2.96. The number of para-hydroxylation sites is 1. The molecule has 0 N–H and O–H groups in total. The molecule has 2 aliphatic rings. The zero-order valence-electron chi connectivity index (χ0n) is 17.7. The van der Waals surface area contributed by atoms with Gasteiger partial charge in [-0.15, -0.1) is 0 Å². The van der Waals surface area contributed by atoms with Gasteiger partial charge in [-0.05, 0) is 31.9 Å². The number of hydrogen-bond donors (Lipinski definition) is 0. The number of anilines is 1. The second-order valence-electron chi connectivity index (χ2n) is 8.29. The summed E-state index contributed by atoms with van der Waals surface area (Å²) in [4.78, 5) is 26.7. The molecule has 1 aromatic carbocycles. The van der Waals surface area contributed by atoms with Crippen LogP contribution in [0.5, 0.6) is 0 Å². The molecular formula is C23H28N6O. The van der Waals surface area contributed by atoms with Crippen LogP contribution in [0.3, 0.4) is 0 Å². The highest BCUT2D eigenvalue weighted by atomic mass is 16.2. The lowest BCUT2D eigenvalue weighted by atomic mass is 9.84. The molecule has 2 aromatic heterocycles. The Labute approximate surface area is 176 Å². The van der Waals surface area contributed by atoms with E-state index in [0.29, 0.717) is 5.91 Å². The lowest BCUT2D eigenvalue weighted by Crippen LogP contribution is -2.51. The van der Waals surface area contributed by atoms with E-state index in [9.17, 15) is 4.79 Å². The summed E-state index contributed by atoms with van der Waals surface area (Å²) in [6.07, 6.45) is 4.08. The number of hydrogen-bond acceptors (Lipinski definition) is 5. The van der Waals surface area contributed by atoms with Crippen molar-refractivity contribution < 1.29 is 4.79 Å². The molecular weight excluding hydrogens is 376 g/mol. The average molecular weight is 405 g/mol. The molecule has 1 amide bonds. The van der Waals surface area contributed by atoms with E-state index in [1.807, 2.05) is 46.8 Å². The number of aryl methyl sites for hydroxylation is 2. The van der Waals surface area contributed by atoms with E-state index in [1.54, 1.807) is 0 Å². The molecule has 0 unspecified atom stereocenters. The molecule has 0 radical (unpaired) electrons. The maximum absolute atomic E-state index is 12.6. The van der Waals surface area contributed by atoms with Gasteiger partial charge in [0.15, 0.2) is 5.65 Å². The number of carbonyl (C=O) groups is 1. The van der Waals surface area contributed by atoms with Gasteiger partial charge in [0.1, 0.15) is 11.6 Å². The Bertz CT molecular complexity index is 1060. The van der Waals surface area contributed by atoms with Crippen LogP contribution in [0.25, 0.3) is 16.7 Å². The van der Waals surface area contributed by atoms with Crippen molar-refractivity contribution in [3.8, 4) is 5.69 Å². The van der Waals surface area contributed by atoms with Crippen molar-refractivity contribution in [3.05, 3.63) is 41.9 Å². The Morgan fingerprint density at radius 1 is 1.07 bits per heavy atom. The quantitative estimate of drug-likeness (QED) is 0.668. The normalized spacial score (nSPS) is 17.4. The molecule has 156 valence electrons. The number of carbonyl (C=O) groups excluding carboxylic acids is 1. The predicted octanol–water partition coefficient (Wildman–Crippen LogP) is 3.14. The van der Waals surface area contributed by atoms with Gasteiger partial charge < -0.3 is 9.80 Å². The topological polar surface area (TPSA) is 67.2 Å². The Kier molecular flexibility index (Phi) is 4.89. The monoisotopic (exact) mass is 404 g/mol. The number of rotatable bonds is 4. The number of fused-ring (bicyclic) bond motifs is 1. The second-order valence-corrected chi connectivity index (χ2v) is 8.29.